The first kappa shape index (κ1) is 31.0. The molecule has 0 bridgehead atoms. The number of halogens is 6. The molecule has 0 spiro atoms. The van der Waals surface area contributed by atoms with Crippen LogP contribution in [0.2, 0.25) is 0 Å². The van der Waals surface area contributed by atoms with Gasteiger partial charge in [0.15, 0.2) is 5.69 Å². The number of allylic oxidation sites excluding steroid dienone is 2. The van der Waals surface area contributed by atoms with E-state index in [9.17, 15) is 51.2 Å². The van der Waals surface area contributed by atoms with E-state index in [2.05, 4.69) is 9.84 Å². The number of carbonyl (C=O) groups is 2. The van der Waals surface area contributed by atoms with E-state index in [0.717, 1.165) is 30.3 Å². The zero-order valence-corrected chi connectivity index (χ0v) is 21.6. The SMILES string of the molecule is O=C(NC(CC1(OC(F)(F)F)C=CC(c2ccccc2)=CC1)C(=O)O)c1cnn(-c2ccc([N+](=O)[O-])cc2)c1C(F)(F)F. The summed E-state index contributed by atoms with van der Waals surface area (Å²) in [6.07, 6.45) is -7.76. The maximum atomic E-state index is 14.1. The number of hydrogen-bond acceptors (Lipinski definition) is 6. The second-order valence-corrected chi connectivity index (χ2v) is 9.33. The van der Waals surface area contributed by atoms with Gasteiger partial charge in [0.25, 0.3) is 11.6 Å². The van der Waals surface area contributed by atoms with Gasteiger partial charge >= 0.3 is 18.5 Å². The lowest BCUT2D eigenvalue weighted by atomic mass is 9.84. The molecule has 3 aromatic rings. The number of nitro benzene ring substituents is 1. The number of carboxylic acids is 1. The standard InChI is InChI=1S/C27H20F6N4O6/c28-26(29,30)22-20(15-34-36(22)18-6-8-19(9-7-18)37(41)42)23(38)35-21(24(39)40)14-25(43-27(31,32)33)12-10-17(11-13-25)16-4-2-1-3-5-16/h1-12,15,21H,13-14H2,(H,35,38)(H,39,40). The Morgan fingerprint density at radius 1 is 1.09 bits per heavy atom. The zero-order chi connectivity index (χ0) is 31.6. The molecule has 1 amide bonds. The van der Waals surface area contributed by atoms with Crippen LogP contribution < -0.4 is 5.32 Å². The molecule has 1 aliphatic carbocycles. The lowest BCUT2D eigenvalue weighted by Gasteiger charge is -2.35. The molecule has 1 heterocycles. The van der Waals surface area contributed by atoms with Crippen molar-refractivity contribution in [2.24, 2.45) is 0 Å². The minimum atomic E-state index is -5.23. The molecule has 2 unspecified atom stereocenters. The number of aromatic nitrogens is 2. The molecular weight excluding hydrogens is 590 g/mol. The summed E-state index contributed by atoms with van der Waals surface area (Å²) >= 11 is 0. The van der Waals surface area contributed by atoms with Crippen LogP contribution in [-0.2, 0) is 15.7 Å². The van der Waals surface area contributed by atoms with Crippen molar-refractivity contribution in [1.29, 1.82) is 0 Å². The van der Waals surface area contributed by atoms with Crippen molar-refractivity contribution in [2.45, 2.75) is 37.0 Å². The van der Waals surface area contributed by atoms with Crippen LogP contribution in [0.15, 0.2) is 79.0 Å². The van der Waals surface area contributed by atoms with Gasteiger partial charge in [0.1, 0.15) is 11.6 Å². The number of carbonyl (C=O) groups excluding carboxylic acids is 1. The van der Waals surface area contributed by atoms with Crippen LogP contribution in [0.1, 0.15) is 34.5 Å². The number of aliphatic carboxylic acids is 1. The molecule has 4 rings (SSSR count). The Balaban J connectivity index is 1.63. The van der Waals surface area contributed by atoms with Crippen LogP contribution in [0.25, 0.3) is 11.3 Å². The molecule has 16 heteroatoms. The number of rotatable bonds is 9. The van der Waals surface area contributed by atoms with Gasteiger partial charge in [-0.2, -0.15) is 18.3 Å². The Labute approximate surface area is 238 Å². The van der Waals surface area contributed by atoms with Gasteiger partial charge < -0.3 is 10.4 Å². The molecule has 1 aromatic heterocycles. The third-order valence-electron chi connectivity index (χ3n) is 6.40. The topological polar surface area (TPSA) is 137 Å². The Morgan fingerprint density at radius 3 is 2.26 bits per heavy atom. The maximum absolute atomic E-state index is 14.1. The Hall–Kier alpha value is -4.99. The average Bonchev–Trinajstić information content (AvgIpc) is 3.39. The summed E-state index contributed by atoms with van der Waals surface area (Å²) in [4.78, 5) is 35.1. The van der Waals surface area contributed by atoms with Crippen molar-refractivity contribution in [3.8, 4) is 5.69 Å². The van der Waals surface area contributed by atoms with Crippen molar-refractivity contribution in [2.75, 3.05) is 0 Å². The van der Waals surface area contributed by atoms with Crippen LogP contribution in [0.3, 0.4) is 0 Å². The third kappa shape index (κ3) is 7.27. The lowest BCUT2D eigenvalue weighted by molar-refractivity contribution is -0.384. The number of non-ortho nitro benzene ring substituents is 1. The number of carboxylic acid groups (broad SMARTS) is 1. The van der Waals surface area contributed by atoms with Gasteiger partial charge in [0.05, 0.1) is 22.4 Å². The highest BCUT2D eigenvalue weighted by atomic mass is 19.4. The van der Waals surface area contributed by atoms with E-state index in [-0.39, 0.29) is 10.4 Å². The van der Waals surface area contributed by atoms with Gasteiger partial charge in [0.2, 0.25) is 0 Å². The molecular formula is C27H20F6N4O6. The molecule has 2 N–H and O–H groups in total. The number of benzene rings is 2. The van der Waals surface area contributed by atoms with Crippen molar-refractivity contribution >= 4 is 23.1 Å². The fourth-order valence-electron chi connectivity index (χ4n) is 4.48. The number of amides is 1. The molecule has 10 nitrogen and oxygen atoms in total. The van der Waals surface area contributed by atoms with Gasteiger partial charge in [-0.15, -0.1) is 13.2 Å². The highest BCUT2D eigenvalue weighted by Crippen LogP contribution is 2.38. The number of alkyl halides is 6. The summed E-state index contributed by atoms with van der Waals surface area (Å²) in [6.45, 7) is 0. The molecule has 0 radical (unpaired) electrons. The summed E-state index contributed by atoms with van der Waals surface area (Å²) in [5, 5.41) is 26.0. The Morgan fingerprint density at radius 2 is 1.74 bits per heavy atom. The predicted octanol–water partition coefficient (Wildman–Crippen LogP) is 5.69. The minimum Gasteiger partial charge on any atom is -0.480 e. The van der Waals surface area contributed by atoms with E-state index < -0.39 is 70.8 Å². The molecule has 43 heavy (non-hydrogen) atoms. The van der Waals surface area contributed by atoms with E-state index in [4.69, 9.17) is 0 Å². The normalized spacial score (nSPS) is 17.7. The fraction of sp³-hybridized carbons (Fsp3) is 0.222. The van der Waals surface area contributed by atoms with Gasteiger partial charge in [-0.25, -0.2) is 9.48 Å². The van der Waals surface area contributed by atoms with Crippen molar-refractivity contribution < 1.29 is 50.7 Å². The van der Waals surface area contributed by atoms with E-state index >= 15 is 0 Å². The van der Waals surface area contributed by atoms with Crippen LogP contribution in [0, 0.1) is 10.1 Å². The number of hydrogen-bond donors (Lipinski definition) is 2. The van der Waals surface area contributed by atoms with Crippen molar-refractivity contribution in [1.82, 2.24) is 15.1 Å². The Kier molecular flexibility index (Phi) is 8.43. The number of ether oxygens (including phenoxy) is 1. The first-order chi connectivity index (χ1) is 20.1. The smallest absolute Gasteiger partial charge is 0.480 e. The molecule has 0 saturated heterocycles. The van der Waals surface area contributed by atoms with Crippen molar-refractivity contribution in [3.05, 3.63) is 106 Å². The largest absolute Gasteiger partial charge is 0.523 e. The van der Waals surface area contributed by atoms with E-state index in [1.807, 2.05) is 5.32 Å². The number of nitrogens with zero attached hydrogens (tertiary/aromatic N) is 3. The predicted molar refractivity (Wildman–Crippen MR) is 137 cm³/mol. The van der Waals surface area contributed by atoms with Gasteiger partial charge in [-0.3, -0.25) is 19.6 Å². The fourth-order valence-corrected chi connectivity index (χ4v) is 4.48. The molecule has 226 valence electrons. The van der Waals surface area contributed by atoms with Gasteiger partial charge in [-0.1, -0.05) is 48.6 Å². The summed E-state index contributed by atoms with van der Waals surface area (Å²) in [6, 6.07) is 10.1. The highest BCUT2D eigenvalue weighted by Gasteiger charge is 2.46. The quantitative estimate of drug-likeness (QED) is 0.180. The molecule has 1 aliphatic rings. The first-order valence-corrected chi connectivity index (χ1v) is 12.2. The summed E-state index contributed by atoms with van der Waals surface area (Å²) in [7, 11) is 0. The summed E-state index contributed by atoms with van der Waals surface area (Å²) < 4.78 is 87.0. The van der Waals surface area contributed by atoms with E-state index in [1.54, 1.807) is 30.3 Å². The monoisotopic (exact) mass is 610 g/mol. The zero-order valence-electron chi connectivity index (χ0n) is 21.6. The highest BCUT2D eigenvalue weighted by molar-refractivity contribution is 5.97. The maximum Gasteiger partial charge on any atom is 0.523 e. The number of nitrogens with one attached hydrogen (secondary N) is 1. The van der Waals surface area contributed by atoms with Gasteiger partial charge in [-0.05, 0) is 29.7 Å². The van der Waals surface area contributed by atoms with Gasteiger partial charge in [0, 0.05) is 18.6 Å². The molecule has 2 atom stereocenters. The minimum absolute atomic E-state index is 0.280. The summed E-state index contributed by atoms with van der Waals surface area (Å²) in [5.74, 6) is -3.42. The van der Waals surface area contributed by atoms with E-state index in [1.165, 1.54) is 12.2 Å². The first-order valence-electron chi connectivity index (χ1n) is 12.2. The van der Waals surface area contributed by atoms with Crippen LogP contribution in [0.5, 0.6) is 0 Å². The average molecular weight is 610 g/mol. The second-order valence-electron chi connectivity index (χ2n) is 9.33. The molecule has 0 saturated carbocycles. The molecule has 0 aliphatic heterocycles. The lowest BCUT2D eigenvalue weighted by Crippen LogP contribution is -2.49. The van der Waals surface area contributed by atoms with Crippen LogP contribution >= 0.6 is 0 Å². The second kappa shape index (κ2) is 11.7. The van der Waals surface area contributed by atoms with E-state index in [0.29, 0.717) is 17.3 Å². The van der Waals surface area contributed by atoms with Crippen molar-refractivity contribution in [3.63, 3.8) is 0 Å². The van der Waals surface area contributed by atoms with Crippen LogP contribution in [0.4, 0.5) is 32.0 Å². The third-order valence-corrected chi connectivity index (χ3v) is 6.40. The Bertz CT molecular complexity index is 1580. The molecule has 2 aromatic carbocycles. The number of nitro groups is 1. The van der Waals surface area contributed by atoms with Crippen LogP contribution in [-0.4, -0.2) is 49.7 Å². The summed E-state index contributed by atoms with van der Waals surface area (Å²) in [5.41, 5.74) is -4.64. The molecule has 0 fully saturated rings.